The van der Waals surface area contributed by atoms with E-state index in [1.165, 1.54) is 0 Å². The first-order valence-corrected chi connectivity index (χ1v) is 9.16. The van der Waals surface area contributed by atoms with Crippen molar-refractivity contribution in [3.05, 3.63) is 59.7 Å². The van der Waals surface area contributed by atoms with E-state index in [2.05, 4.69) is 17.8 Å². The van der Waals surface area contributed by atoms with E-state index in [1.807, 2.05) is 31.2 Å². The maximum Gasteiger partial charge on any atom is 0.276 e. The molecule has 0 spiro atoms. The van der Waals surface area contributed by atoms with Crippen molar-refractivity contribution >= 4 is 11.8 Å². The molecule has 144 valence electrons. The van der Waals surface area contributed by atoms with Crippen LogP contribution in [0, 0.1) is 0 Å². The van der Waals surface area contributed by atoms with E-state index >= 15 is 0 Å². The molecule has 6 heteroatoms. The number of aryl methyl sites for hydroxylation is 1. The highest BCUT2D eigenvalue weighted by Crippen LogP contribution is 2.18. The van der Waals surface area contributed by atoms with E-state index in [1.54, 1.807) is 24.3 Å². The van der Waals surface area contributed by atoms with Crippen molar-refractivity contribution in [3.8, 4) is 11.5 Å². The zero-order chi connectivity index (χ0) is 19.5. The van der Waals surface area contributed by atoms with Gasteiger partial charge in [-0.25, -0.2) is 0 Å². The van der Waals surface area contributed by atoms with Crippen molar-refractivity contribution in [3.63, 3.8) is 0 Å². The quantitative estimate of drug-likeness (QED) is 0.525. The van der Waals surface area contributed by atoms with Gasteiger partial charge in [-0.15, -0.1) is 0 Å². The smallest absolute Gasteiger partial charge is 0.276 e. The van der Waals surface area contributed by atoms with Crippen LogP contribution < -0.4 is 20.3 Å². The van der Waals surface area contributed by atoms with Gasteiger partial charge in [-0.05, 0) is 48.7 Å². The number of carbonyl (C=O) groups excluding carboxylic acids is 2. The number of hydrogen-bond donors (Lipinski definition) is 2. The normalized spacial score (nSPS) is 10.1. The lowest BCUT2D eigenvalue weighted by Gasteiger charge is -2.11. The Morgan fingerprint density at radius 3 is 2.37 bits per heavy atom. The molecular weight excluding hydrogens is 344 g/mol. The minimum absolute atomic E-state index is 0.179. The Labute approximate surface area is 159 Å². The zero-order valence-corrected chi connectivity index (χ0v) is 15.8. The zero-order valence-electron chi connectivity index (χ0n) is 15.8. The van der Waals surface area contributed by atoms with Crippen molar-refractivity contribution in [2.75, 3.05) is 13.2 Å². The maximum absolute atomic E-state index is 12.1. The first kappa shape index (κ1) is 20.3. The number of nitrogens with one attached hydrogen (secondary N) is 2. The SMILES string of the molecule is CCCCOc1ccc(C(=O)NNC(=O)COc2ccccc2CC)cc1. The molecular formula is C21H26N2O4. The number of amides is 2. The molecule has 6 nitrogen and oxygen atoms in total. The highest BCUT2D eigenvalue weighted by Gasteiger charge is 2.09. The monoisotopic (exact) mass is 370 g/mol. The van der Waals surface area contributed by atoms with Gasteiger partial charge in [0, 0.05) is 5.56 Å². The van der Waals surface area contributed by atoms with Crippen molar-refractivity contribution < 1.29 is 19.1 Å². The van der Waals surface area contributed by atoms with Crippen LogP contribution in [0.15, 0.2) is 48.5 Å². The van der Waals surface area contributed by atoms with Crippen LogP contribution >= 0.6 is 0 Å². The summed E-state index contributed by atoms with van der Waals surface area (Å²) in [6.45, 7) is 4.59. The number of benzene rings is 2. The number of hydrogen-bond acceptors (Lipinski definition) is 4. The van der Waals surface area contributed by atoms with Gasteiger partial charge in [0.25, 0.3) is 11.8 Å². The Balaban J connectivity index is 1.76. The Kier molecular flexibility index (Phi) is 8.16. The maximum atomic E-state index is 12.1. The van der Waals surface area contributed by atoms with Gasteiger partial charge in [-0.1, -0.05) is 38.5 Å². The van der Waals surface area contributed by atoms with E-state index in [9.17, 15) is 9.59 Å². The lowest BCUT2D eigenvalue weighted by Crippen LogP contribution is -2.43. The highest BCUT2D eigenvalue weighted by atomic mass is 16.5. The Hall–Kier alpha value is -3.02. The van der Waals surface area contributed by atoms with Crippen LogP contribution in [0.3, 0.4) is 0 Å². The second-order valence-electron chi connectivity index (χ2n) is 5.98. The average Bonchev–Trinajstić information content (AvgIpc) is 2.71. The third kappa shape index (κ3) is 6.66. The molecule has 0 unspecified atom stereocenters. The van der Waals surface area contributed by atoms with Gasteiger partial charge in [0.05, 0.1) is 6.61 Å². The topological polar surface area (TPSA) is 76.7 Å². The van der Waals surface area contributed by atoms with Crippen molar-refractivity contribution in [1.29, 1.82) is 0 Å². The molecule has 2 aromatic rings. The molecule has 0 saturated carbocycles. The number of unbranched alkanes of at least 4 members (excludes halogenated alkanes) is 1. The van der Waals surface area contributed by atoms with Crippen LogP contribution in [0.25, 0.3) is 0 Å². The van der Waals surface area contributed by atoms with Gasteiger partial charge in [0.1, 0.15) is 11.5 Å². The Morgan fingerprint density at radius 1 is 0.926 bits per heavy atom. The van der Waals surface area contributed by atoms with Crippen molar-refractivity contribution in [1.82, 2.24) is 10.9 Å². The molecule has 0 atom stereocenters. The molecule has 0 aliphatic heterocycles. The molecule has 27 heavy (non-hydrogen) atoms. The molecule has 0 radical (unpaired) electrons. The van der Waals surface area contributed by atoms with Gasteiger partial charge in [-0.2, -0.15) is 0 Å². The molecule has 2 N–H and O–H groups in total. The minimum atomic E-state index is -0.436. The van der Waals surface area contributed by atoms with Crippen LogP contribution in [0.2, 0.25) is 0 Å². The summed E-state index contributed by atoms with van der Waals surface area (Å²) in [5.74, 6) is 0.540. The molecule has 0 bridgehead atoms. The largest absolute Gasteiger partial charge is 0.494 e. The lowest BCUT2D eigenvalue weighted by atomic mass is 10.1. The first-order valence-electron chi connectivity index (χ1n) is 9.16. The van der Waals surface area contributed by atoms with Crippen LogP contribution in [0.4, 0.5) is 0 Å². The van der Waals surface area contributed by atoms with Crippen molar-refractivity contribution in [2.45, 2.75) is 33.1 Å². The number of para-hydroxylation sites is 1. The number of ether oxygens (including phenoxy) is 2. The summed E-state index contributed by atoms with van der Waals surface area (Å²) in [7, 11) is 0. The average molecular weight is 370 g/mol. The number of hydrazine groups is 1. The molecule has 0 heterocycles. The summed E-state index contributed by atoms with van der Waals surface area (Å²) >= 11 is 0. The molecule has 2 rings (SSSR count). The fourth-order valence-electron chi connectivity index (χ4n) is 2.35. The van der Waals surface area contributed by atoms with Gasteiger partial charge >= 0.3 is 0 Å². The summed E-state index contributed by atoms with van der Waals surface area (Å²) in [6, 6.07) is 14.3. The fourth-order valence-corrected chi connectivity index (χ4v) is 2.35. The number of carbonyl (C=O) groups is 2. The Morgan fingerprint density at radius 2 is 1.67 bits per heavy atom. The molecule has 2 amide bonds. The summed E-state index contributed by atoms with van der Waals surface area (Å²) in [5, 5.41) is 0. The van der Waals surface area contributed by atoms with Crippen LogP contribution in [0.1, 0.15) is 42.6 Å². The molecule has 0 aromatic heterocycles. The van der Waals surface area contributed by atoms with E-state index in [4.69, 9.17) is 9.47 Å². The van der Waals surface area contributed by atoms with Gasteiger partial charge < -0.3 is 9.47 Å². The predicted molar refractivity (Wildman–Crippen MR) is 104 cm³/mol. The first-order chi connectivity index (χ1) is 13.1. The highest BCUT2D eigenvalue weighted by molar-refractivity contribution is 5.95. The second-order valence-corrected chi connectivity index (χ2v) is 5.98. The number of rotatable bonds is 9. The lowest BCUT2D eigenvalue weighted by molar-refractivity contribution is -0.123. The van der Waals surface area contributed by atoms with E-state index < -0.39 is 11.8 Å². The molecule has 0 aliphatic carbocycles. The fraction of sp³-hybridized carbons (Fsp3) is 0.333. The third-order valence-electron chi connectivity index (χ3n) is 3.91. The van der Waals surface area contributed by atoms with Gasteiger partial charge in [0.2, 0.25) is 0 Å². The van der Waals surface area contributed by atoms with Crippen LogP contribution in [-0.2, 0) is 11.2 Å². The van der Waals surface area contributed by atoms with E-state index in [0.29, 0.717) is 23.7 Å². The summed E-state index contributed by atoms with van der Waals surface area (Å²) < 4.78 is 11.1. The summed E-state index contributed by atoms with van der Waals surface area (Å²) in [5.41, 5.74) is 6.18. The third-order valence-corrected chi connectivity index (χ3v) is 3.91. The van der Waals surface area contributed by atoms with Gasteiger partial charge in [0.15, 0.2) is 6.61 Å². The van der Waals surface area contributed by atoms with Crippen molar-refractivity contribution in [2.24, 2.45) is 0 Å². The Bertz CT molecular complexity index is 744. The van der Waals surface area contributed by atoms with Crippen LogP contribution in [0.5, 0.6) is 11.5 Å². The molecule has 0 aliphatic rings. The summed E-state index contributed by atoms with van der Waals surface area (Å²) in [4.78, 5) is 24.0. The molecule has 0 saturated heterocycles. The van der Waals surface area contributed by atoms with Gasteiger partial charge in [-0.3, -0.25) is 20.4 Å². The van der Waals surface area contributed by atoms with Crippen LogP contribution in [-0.4, -0.2) is 25.0 Å². The predicted octanol–water partition coefficient (Wildman–Crippen LogP) is 3.27. The van der Waals surface area contributed by atoms with E-state index in [-0.39, 0.29) is 6.61 Å². The second kappa shape index (κ2) is 10.9. The summed E-state index contributed by atoms with van der Waals surface area (Å²) in [6.07, 6.45) is 2.86. The minimum Gasteiger partial charge on any atom is -0.494 e. The molecule has 2 aromatic carbocycles. The standard InChI is InChI=1S/C21H26N2O4/c1-3-5-14-26-18-12-10-17(11-13-18)21(25)23-22-20(24)15-27-19-9-7-6-8-16(19)4-2/h6-13H,3-5,14-15H2,1-2H3,(H,22,24)(H,23,25). The molecule has 0 fully saturated rings. The van der Waals surface area contributed by atoms with E-state index in [0.717, 1.165) is 24.8 Å².